The highest BCUT2D eigenvalue weighted by atomic mass is 19.1. The van der Waals surface area contributed by atoms with Crippen LogP contribution < -0.4 is 15.0 Å². The van der Waals surface area contributed by atoms with Crippen LogP contribution in [0.1, 0.15) is 32.2 Å². The first-order chi connectivity index (χ1) is 17.1. The summed E-state index contributed by atoms with van der Waals surface area (Å²) in [5, 5.41) is 10.7. The van der Waals surface area contributed by atoms with Crippen molar-refractivity contribution in [2.75, 3.05) is 43.4 Å². The summed E-state index contributed by atoms with van der Waals surface area (Å²) < 4.78 is 35.6. The maximum absolute atomic E-state index is 15.2. The molecular formula is C25H30F2N8O. The molecule has 0 radical (unpaired) electrons. The molecule has 4 heterocycles. The second kappa shape index (κ2) is 9.05. The molecule has 4 aromatic rings. The molecule has 3 aromatic heterocycles. The van der Waals surface area contributed by atoms with Crippen LogP contribution in [0.5, 0.6) is 11.8 Å². The molecule has 3 N–H and O–H groups in total. The fourth-order valence-corrected chi connectivity index (χ4v) is 4.13. The second-order valence-corrected chi connectivity index (χ2v) is 10.2. The molecule has 0 spiro atoms. The quantitative estimate of drug-likeness (QED) is 0.363. The van der Waals surface area contributed by atoms with Crippen LogP contribution in [0.25, 0.3) is 10.9 Å². The average Bonchev–Trinajstić information content (AvgIpc) is 3.45. The number of H-pyrrole nitrogens is 2. The number of rotatable bonds is 5. The number of hydrogen-bond donors (Lipinski definition) is 3. The lowest BCUT2D eigenvalue weighted by Gasteiger charge is -2.33. The number of likely N-dealkylation sites (N-methyl/N-ethyl adjacent to an activating group) is 1. The lowest BCUT2D eigenvalue weighted by Crippen LogP contribution is -2.44. The lowest BCUT2D eigenvalue weighted by atomic mass is 9.92. The molecule has 9 nitrogen and oxygen atoms in total. The molecule has 1 aliphatic heterocycles. The largest absolute Gasteiger partial charge is 0.421 e. The molecule has 0 amide bonds. The van der Waals surface area contributed by atoms with Gasteiger partial charge in [-0.3, -0.25) is 5.10 Å². The minimum absolute atomic E-state index is 0.0922. The van der Waals surface area contributed by atoms with Crippen molar-refractivity contribution in [3.05, 3.63) is 47.3 Å². The summed E-state index contributed by atoms with van der Waals surface area (Å²) in [6.07, 6.45) is 0. The Labute approximate surface area is 207 Å². The van der Waals surface area contributed by atoms with Gasteiger partial charge in [-0.2, -0.15) is 15.1 Å². The Kier molecular flexibility index (Phi) is 6.03. The van der Waals surface area contributed by atoms with E-state index in [-0.39, 0.29) is 28.1 Å². The average molecular weight is 497 g/mol. The number of anilines is 3. The van der Waals surface area contributed by atoms with Gasteiger partial charge >= 0.3 is 6.01 Å². The summed E-state index contributed by atoms with van der Waals surface area (Å²) in [5.74, 6) is 0.0582. The van der Waals surface area contributed by atoms with Crippen LogP contribution in [0.3, 0.4) is 0 Å². The van der Waals surface area contributed by atoms with E-state index in [0.717, 1.165) is 37.9 Å². The molecule has 0 atom stereocenters. The number of aromatic amines is 2. The van der Waals surface area contributed by atoms with Gasteiger partial charge in [0, 0.05) is 66.6 Å². The molecule has 0 saturated carbocycles. The molecule has 5 rings (SSSR count). The van der Waals surface area contributed by atoms with E-state index in [0.29, 0.717) is 23.1 Å². The van der Waals surface area contributed by atoms with Crippen molar-refractivity contribution < 1.29 is 13.5 Å². The predicted molar refractivity (Wildman–Crippen MR) is 135 cm³/mol. The number of benzene rings is 1. The molecule has 36 heavy (non-hydrogen) atoms. The van der Waals surface area contributed by atoms with Crippen LogP contribution in [0.15, 0.2) is 24.3 Å². The fourth-order valence-electron chi connectivity index (χ4n) is 4.13. The Hall–Kier alpha value is -3.73. The fraction of sp³-hybridized carbons (Fsp3) is 0.400. The van der Waals surface area contributed by atoms with Crippen LogP contribution in [0, 0.1) is 18.6 Å². The normalized spacial score (nSPS) is 15.0. The number of aromatic nitrogens is 5. The van der Waals surface area contributed by atoms with Gasteiger partial charge in [-0.05, 0) is 20.0 Å². The van der Waals surface area contributed by atoms with Gasteiger partial charge in [0.25, 0.3) is 0 Å². The number of aryl methyl sites for hydroxylation is 1. The van der Waals surface area contributed by atoms with Gasteiger partial charge < -0.3 is 24.8 Å². The lowest BCUT2D eigenvalue weighted by molar-refractivity contribution is 0.311. The topological polar surface area (TPSA) is 98.0 Å². The van der Waals surface area contributed by atoms with Crippen LogP contribution in [0.4, 0.5) is 26.2 Å². The Morgan fingerprint density at radius 3 is 2.44 bits per heavy atom. The first-order valence-corrected chi connectivity index (χ1v) is 11.9. The number of nitrogens with one attached hydrogen (secondary N) is 3. The van der Waals surface area contributed by atoms with Crippen molar-refractivity contribution in [2.45, 2.75) is 33.1 Å². The molecular weight excluding hydrogens is 466 g/mol. The molecule has 1 fully saturated rings. The van der Waals surface area contributed by atoms with E-state index in [4.69, 9.17) is 4.74 Å². The van der Waals surface area contributed by atoms with Crippen molar-refractivity contribution in [1.29, 1.82) is 0 Å². The molecule has 0 bridgehead atoms. The number of hydrogen-bond acceptors (Lipinski definition) is 7. The van der Waals surface area contributed by atoms with Crippen LogP contribution >= 0.6 is 0 Å². The smallest absolute Gasteiger partial charge is 0.326 e. The van der Waals surface area contributed by atoms with Crippen LogP contribution in [-0.2, 0) is 5.41 Å². The van der Waals surface area contributed by atoms with Gasteiger partial charge in [-0.15, -0.1) is 0 Å². The van der Waals surface area contributed by atoms with Crippen molar-refractivity contribution in [3.63, 3.8) is 0 Å². The van der Waals surface area contributed by atoms with Gasteiger partial charge in [-0.25, -0.2) is 8.78 Å². The third-order valence-corrected chi connectivity index (χ3v) is 6.26. The van der Waals surface area contributed by atoms with Gasteiger partial charge in [0.2, 0.25) is 0 Å². The number of ether oxygens (including phenoxy) is 1. The Morgan fingerprint density at radius 1 is 1.00 bits per heavy atom. The van der Waals surface area contributed by atoms with E-state index < -0.39 is 11.6 Å². The zero-order valence-corrected chi connectivity index (χ0v) is 21.0. The van der Waals surface area contributed by atoms with Gasteiger partial charge in [0.1, 0.15) is 11.6 Å². The van der Waals surface area contributed by atoms with Crippen LogP contribution in [-0.4, -0.2) is 63.3 Å². The van der Waals surface area contributed by atoms with Crippen molar-refractivity contribution >= 4 is 28.4 Å². The zero-order valence-electron chi connectivity index (χ0n) is 21.0. The molecule has 190 valence electrons. The highest BCUT2D eigenvalue weighted by molar-refractivity contribution is 5.83. The second-order valence-electron chi connectivity index (χ2n) is 10.2. The number of fused-ring (bicyclic) bond motifs is 1. The van der Waals surface area contributed by atoms with E-state index in [1.165, 1.54) is 0 Å². The third kappa shape index (κ3) is 4.83. The molecule has 0 aliphatic carbocycles. The SMILES string of the molecule is Cc1cc2c(F)c(Oc3nc(Nc4cc(C(C)(C)C)[nH]n4)cc(N4CCN(C)CC4)n3)cc(F)c2[nH]1. The van der Waals surface area contributed by atoms with Crippen LogP contribution in [0.2, 0.25) is 0 Å². The van der Waals surface area contributed by atoms with Crippen molar-refractivity contribution in [1.82, 2.24) is 30.0 Å². The summed E-state index contributed by atoms with van der Waals surface area (Å²) in [7, 11) is 2.07. The summed E-state index contributed by atoms with van der Waals surface area (Å²) in [6, 6.07) is 6.18. The predicted octanol–water partition coefficient (Wildman–Crippen LogP) is 4.85. The number of halogens is 2. The van der Waals surface area contributed by atoms with E-state index >= 15 is 4.39 Å². The zero-order chi connectivity index (χ0) is 25.6. The minimum Gasteiger partial charge on any atom is -0.421 e. The Morgan fingerprint density at radius 2 is 1.75 bits per heavy atom. The van der Waals surface area contributed by atoms with E-state index in [9.17, 15) is 4.39 Å². The maximum Gasteiger partial charge on any atom is 0.326 e. The van der Waals surface area contributed by atoms with E-state index in [2.05, 4.69) is 68.1 Å². The molecule has 1 aromatic carbocycles. The molecule has 1 saturated heterocycles. The maximum atomic E-state index is 15.2. The monoisotopic (exact) mass is 496 g/mol. The first kappa shape index (κ1) is 24.0. The summed E-state index contributed by atoms with van der Waals surface area (Å²) in [4.78, 5) is 16.1. The van der Waals surface area contributed by atoms with Gasteiger partial charge in [0.15, 0.2) is 23.2 Å². The Balaban J connectivity index is 1.50. The summed E-state index contributed by atoms with van der Waals surface area (Å²) >= 11 is 0. The molecule has 11 heteroatoms. The van der Waals surface area contributed by atoms with E-state index in [1.807, 2.05) is 6.07 Å². The molecule has 1 aliphatic rings. The van der Waals surface area contributed by atoms with Gasteiger partial charge in [-0.1, -0.05) is 20.8 Å². The number of piperazine rings is 1. The summed E-state index contributed by atoms with van der Waals surface area (Å²) in [6.45, 7) is 11.3. The number of nitrogens with zero attached hydrogens (tertiary/aromatic N) is 5. The summed E-state index contributed by atoms with van der Waals surface area (Å²) in [5.41, 5.74) is 1.60. The highest BCUT2D eigenvalue weighted by Gasteiger charge is 2.22. The Bertz CT molecular complexity index is 1400. The highest BCUT2D eigenvalue weighted by Crippen LogP contribution is 2.33. The van der Waals surface area contributed by atoms with E-state index in [1.54, 1.807) is 19.1 Å². The molecule has 0 unspecified atom stereocenters. The third-order valence-electron chi connectivity index (χ3n) is 6.26. The van der Waals surface area contributed by atoms with Gasteiger partial charge in [0.05, 0.1) is 5.52 Å². The first-order valence-electron chi connectivity index (χ1n) is 11.9. The minimum atomic E-state index is -0.680. The van der Waals surface area contributed by atoms with Crippen molar-refractivity contribution in [2.24, 2.45) is 0 Å². The standard InChI is InChI=1S/C25H30F2N8O/c1-14-10-15-22(27)17(11-16(26)23(15)28-14)36-24-30-19(29-20-12-18(32-33-20)25(2,3)4)13-21(31-24)35-8-6-34(5)7-9-35/h10-13,28H,6-9H2,1-5H3,(H2,29,30,31,32,33). The van der Waals surface area contributed by atoms with Crippen molar-refractivity contribution in [3.8, 4) is 11.8 Å².